The van der Waals surface area contributed by atoms with Gasteiger partial charge >= 0.3 is 0 Å². The fraction of sp³-hybridized carbons (Fsp3) is 0. The van der Waals surface area contributed by atoms with Crippen molar-refractivity contribution in [2.45, 2.75) is 4.90 Å². The van der Waals surface area contributed by atoms with Crippen LogP contribution in [0.15, 0.2) is 114 Å². The molecule has 5 aromatic heterocycles. The summed E-state index contributed by atoms with van der Waals surface area (Å²) in [4.78, 5) is 30.6. The number of hydrogen-bond donors (Lipinski definition) is 2. The van der Waals surface area contributed by atoms with E-state index in [1.807, 2.05) is 54.6 Å². The Balaban J connectivity index is 0.000000176. The first-order chi connectivity index (χ1) is 19.5. The van der Waals surface area contributed by atoms with Crippen LogP contribution in [-0.2, 0) is 10.0 Å². The molecule has 6 rings (SSSR count). The highest BCUT2D eigenvalue weighted by molar-refractivity contribution is 7.93. The summed E-state index contributed by atoms with van der Waals surface area (Å²) in [6.07, 6.45) is 6.66. The molecular weight excluding hydrogens is 546 g/mol. The number of nitrogens with two attached hydrogens (primary N) is 1. The van der Waals surface area contributed by atoms with Crippen molar-refractivity contribution in [2.75, 3.05) is 10.5 Å². The maximum Gasteiger partial charge on any atom is 0.263 e. The van der Waals surface area contributed by atoms with Gasteiger partial charge in [-0.1, -0.05) is 18.2 Å². The van der Waals surface area contributed by atoms with Gasteiger partial charge in [-0.15, -0.1) is 11.3 Å². The zero-order chi connectivity index (χ0) is 27.8. The molecule has 0 aliphatic heterocycles. The first-order valence-electron chi connectivity index (χ1n) is 11.8. The minimum atomic E-state index is -3.56. The summed E-state index contributed by atoms with van der Waals surface area (Å²) in [6, 6.07) is 22.8. The Bertz CT molecular complexity index is 1630. The molecule has 0 amide bonds. The zero-order valence-electron chi connectivity index (χ0n) is 20.7. The minimum absolute atomic E-state index is 0.164. The number of aromatic nitrogens is 7. The van der Waals surface area contributed by atoms with Crippen LogP contribution in [-0.4, -0.2) is 43.3 Å². The van der Waals surface area contributed by atoms with Crippen molar-refractivity contribution in [3.05, 3.63) is 109 Å². The van der Waals surface area contributed by atoms with Crippen molar-refractivity contribution < 1.29 is 8.42 Å². The Morgan fingerprint density at radius 1 is 0.600 bits per heavy atom. The number of thiazole rings is 1. The number of nitrogens with one attached hydrogen (secondary N) is 1. The van der Waals surface area contributed by atoms with Crippen LogP contribution in [0.1, 0.15) is 0 Å². The first kappa shape index (κ1) is 26.5. The van der Waals surface area contributed by atoms with Gasteiger partial charge in [-0.3, -0.25) is 19.7 Å². The summed E-state index contributed by atoms with van der Waals surface area (Å²) in [5.74, 6) is 1.48. The Kier molecular flexibility index (Phi) is 8.04. The van der Waals surface area contributed by atoms with Crippen LogP contribution >= 0.6 is 11.3 Å². The van der Waals surface area contributed by atoms with E-state index in [4.69, 9.17) is 5.73 Å². The number of hydrogen-bond acceptors (Lipinski definition) is 11. The normalized spacial score (nSPS) is 10.8. The number of pyridine rings is 3. The third kappa shape index (κ3) is 6.64. The molecule has 0 bridgehead atoms. The van der Waals surface area contributed by atoms with Gasteiger partial charge < -0.3 is 5.73 Å². The molecule has 11 nitrogen and oxygen atoms in total. The quantitative estimate of drug-likeness (QED) is 0.272. The van der Waals surface area contributed by atoms with Gasteiger partial charge in [-0.25, -0.2) is 28.4 Å². The van der Waals surface area contributed by atoms with Crippen LogP contribution < -0.4 is 10.5 Å². The molecule has 0 fully saturated rings. The standard InChI is InChI=1S/C18H12N6.C9H9N3O2S2/c1-4-10-19-13(7-1)16-22-17(14-8-2-5-11-20-14)24-18(23-16)15-9-3-6-12-21-15;10-7-1-3-8(4-2-7)16(13,14)12-9-11-5-6-15-9/h1-12H;1-6H,10H2,(H,11,12). The van der Waals surface area contributed by atoms with E-state index in [1.165, 1.54) is 41.8 Å². The lowest BCUT2D eigenvalue weighted by Crippen LogP contribution is -2.12. The molecule has 0 aliphatic carbocycles. The molecule has 40 heavy (non-hydrogen) atoms. The molecule has 0 saturated heterocycles. The lowest BCUT2D eigenvalue weighted by atomic mass is 10.3. The van der Waals surface area contributed by atoms with Gasteiger partial charge in [0.15, 0.2) is 22.6 Å². The molecule has 0 aliphatic rings. The summed E-state index contributed by atoms with van der Waals surface area (Å²) in [6.45, 7) is 0. The lowest BCUT2D eigenvalue weighted by Gasteiger charge is -2.06. The highest BCUT2D eigenvalue weighted by Gasteiger charge is 2.15. The van der Waals surface area contributed by atoms with Gasteiger partial charge in [-0.05, 0) is 60.7 Å². The van der Waals surface area contributed by atoms with Crippen molar-refractivity contribution >= 4 is 32.2 Å². The minimum Gasteiger partial charge on any atom is -0.399 e. The fourth-order valence-corrected chi connectivity index (χ4v) is 5.09. The van der Waals surface area contributed by atoms with Crippen LogP contribution in [0, 0.1) is 0 Å². The molecule has 0 unspecified atom stereocenters. The zero-order valence-corrected chi connectivity index (χ0v) is 22.4. The van der Waals surface area contributed by atoms with E-state index in [2.05, 4.69) is 39.6 Å². The van der Waals surface area contributed by atoms with Crippen LogP contribution in [0.5, 0.6) is 0 Å². The number of rotatable bonds is 6. The van der Waals surface area contributed by atoms with Crippen molar-refractivity contribution in [1.29, 1.82) is 0 Å². The second-order valence-corrected chi connectivity index (χ2v) is 10.5. The number of sulfonamides is 1. The van der Waals surface area contributed by atoms with Gasteiger partial charge in [0.1, 0.15) is 17.1 Å². The summed E-state index contributed by atoms with van der Waals surface area (Å²) in [7, 11) is -3.56. The molecular formula is C27H21N9O2S2. The average Bonchev–Trinajstić information content (AvgIpc) is 3.51. The van der Waals surface area contributed by atoms with E-state index in [1.54, 1.807) is 24.0 Å². The van der Waals surface area contributed by atoms with E-state index < -0.39 is 10.0 Å². The molecule has 1 aromatic carbocycles. The van der Waals surface area contributed by atoms with E-state index in [-0.39, 0.29) is 4.90 Å². The number of anilines is 2. The van der Waals surface area contributed by atoms with Crippen molar-refractivity contribution in [2.24, 2.45) is 0 Å². The third-order valence-corrected chi connectivity index (χ3v) is 7.33. The van der Waals surface area contributed by atoms with Gasteiger partial charge in [0.25, 0.3) is 10.0 Å². The Labute approximate surface area is 234 Å². The van der Waals surface area contributed by atoms with Crippen LogP contribution in [0.2, 0.25) is 0 Å². The fourth-order valence-electron chi connectivity index (χ4n) is 3.30. The number of benzene rings is 1. The van der Waals surface area contributed by atoms with Crippen LogP contribution in [0.3, 0.4) is 0 Å². The molecule has 0 radical (unpaired) electrons. The predicted molar refractivity (Wildman–Crippen MR) is 153 cm³/mol. The third-order valence-electron chi connectivity index (χ3n) is 5.16. The molecule has 0 saturated carbocycles. The van der Waals surface area contributed by atoms with Gasteiger partial charge in [-0.2, -0.15) is 0 Å². The summed E-state index contributed by atoms with van der Waals surface area (Å²) in [5.41, 5.74) is 8.03. The van der Waals surface area contributed by atoms with E-state index in [0.29, 0.717) is 45.4 Å². The van der Waals surface area contributed by atoms with Gasteiger partial charge in [0, 0.05) is 35.9 Å². The Hall–Kier alpha value is -5.14. The molecule has 13 heteroatoms. The molecule has 0 spiro atoms. The van der Waals surface area contributed by atoms with E-state index >= 15 is 0 Å². The highest BCUT2D eigenvalue weighted by Crippen LogP contribution is 2.21. The lowest BCUT2D eigenvalue weighted by molar-refractivity contribution is 0.601. The monoisotopic (exact) mass is 567 g/mol. The van der Waals surface area contributed by atoms with Gasteiger partial charge in [0.05, 0.1) is 4.90 Å². The first-order valence-corrected chi connectivity index (χ1v) is 14.1. The summed E-state index contributed by atoms with van der Waals surface area (Å²) in [5, 5.41) is 2.04. The van der Waals surface area contributed by atoms with E-state index in [9.17, 15) is 8.42 Å². The molecule has 0 atom stereocenters. The average molecular weight is 568 g/mol. The summed E-state index contributed by atoms with van der Waals surface area (Å²) >= 11 is 1.22. The Morgan fingerprint density at radius 3 is 1.45 bits per heavy atom. The van der Waals surface area contributed by atoms with Crippen molar-refractivity contribution in [3.8, 4) is 34.6 Å². The topological polar surface area (TPSA) is 162 Å². The number of nitrogen functional groups attached to an aromatic ring is 1. The SMILES string of the molecule is Nc1ccc(S(=O)(=O)Nc2nccs2)cc1.c1ccc(-c2nc(-c3ccccn3)nc(-c3ccccn3)n2)nc1. The number of nitrogens with zero attached hydrogens (tertiary/aromatic N) is 7. The second kappa shape index (κ2) is 12.1. The maximum atomic E-state index is 11.8. The molecule has 198 valence electrons. The summed E-state index contributed by atoms with van der Waals surface area (Å²) < 4.78 is 26.0. The maximum absolute atomic E-state index is 11.8. The van der Waals surface area contributed by atoms with Crippen molar-refractivity contribution in [1.82, 2.24) is 34.9 Å². The van der Waals surface area contributed by atoms with Crippen LogP contribution in [0.4, 0.5) is 10.8 Å². The smallest absolute Gasteiger partial charge is 0.263 e. The Morgan fingerprint density at radius 2 is 1.07 bits per heavy atom. The van der Waals surface area contributed by atoms with E-state index in [0.717, 1.165) is 0 Å². The van der Waals surface area contributed by atoms with Crippen molar-refractivity contribution in [3.63, 3.8) is 0 Å². The molecule has 3 N–H and O–H groups in total. The molecule has 5 heterocycles. The van der Waals surface area contributed by atoms with Crippen LogP contribution in [0.25, 0.3) is 34.6 Å². The predicted octanol–water partition coefficient (Wildman–Crippen LogP) is 4.58. The highest BCUT2D eigenvalue weighted by atomic mass is 32.2. The largest absolute Gasteiger partial charge is 0.399 e. The van der Waals surface area contributed by atoms with Gasteiger partial charge in [0.2, 0.25) is 0 Å². The second-order valence-electron chi connectivity index (χ2n) is 7.96. The molecule has 6 aromatic rings.